The van der Waals surface area contributed by atoms with E-state index in [0.29, 0.717) is 0 Å². The van der Waals surface area contributed by atoms with Crippen LogP contribution in [0.1, 0.15) is 15.9 Å². The summed E-state index contributed by atoms with van der Waals surface area (Å²) in [6, 6.07) is 5.60. The first kappa shape index (κ1) is 23.4. The molecule has 0 atom stereocenters. The van der Waals surface area contributed by atoms with Crippen LogP contribution in [0.2, 0.25) is 0 Å². The third kappa shape index (κ3) is 5.39. The van der Waals surface area contributed by atoms with E-state index in [0.717, 1.165) is 12.1 Å². The summed E-state index contributed by atoms with van der Waals surface area (Å²) in [5.41, 5.74) is 4.63. The normalized spacial score (nSPS) is 10.8. The zero-order valence-corrected chi connectivity index (χ0v) is 17.5. The van der Waals surface area contributed by atoms with E-state index in [-0.39, 0.29) is 28.4 Å². The molecule has 12 nitrogen and oxygen atoms in total. The van der Waals surface area contributed by atoms with E-state index >= 15 is 0 Å². The average molecular weight is 453 g/mol. The van der Waals surface area contributed by atoms with Crippen LogP contribution in [-0.4, -0.2) is 46.0 Å². The van der Waals surface area contributed by atoms with E-state index in [1.54, 1.807) is 0 Å². The zero-order chi connectivity index (χ0) is 23.3. The largest absolute Gasteiger partial charge is 0.493 e. The fourth-order valence-electron chi connectivity index (χ4n) is 2.52. The van der Waals surface area contributed by atoms with E-state index < -0.39 is 44.0 Å². The number of non-ortho nitro benzene ring substituents is 1. The summed E-state index contributed by atoms with van der Waals surface area (Å²) in [6.45, 7) is 0.943. The van der Waals surface area contributed by atoms with E-state index in [9.17, 15) is 28.1 Å². The Morgan fingerprint density at radius 1 is 1.13 bits per heavy atom. The van der Waals surface area contributed by atoms with Crippen LogP contribution in [0.5, 0.6) is 17.2 Å². The molecule has 0 aliphatic carbocycles. The molecule has 0 saturated heterocycles. The van der Waals surface area contributed by atoms with E-state index in [4.69, 9.17) is 19.9 Å². The standard InChI is InChI=1S/C18H19N3O9S/c1-10-4-5-12(21(24)25)8-15(10)31(26,27)20-18(23)11-6-13(28-2)17(14(7-11)29-3)30-9-16(19)22/h4-8H,9H2,1-3H3,(H2,19,22)(H,20,23). The summed E-state index contributed by atoms with van der Waals surface area (Å²) in [6.07, 6.45) is 0. The third-order valence-electron chi connectivity index (χ3n) is 3.98. The number of nitrogens with one attached hydrogen (secondary N) is 1. The van der Waals surface area contributed by atoms with Gasteiger partial charge in [0.15, 0.2) is 18.1 Å². The van der Waals surface area contributed by atoms with Crippen molar-refractivity contribution < 1.29 is 37.1 Å². The molecular weight excluding hydrogens is 434 g/mol. The molecule has 2 aromatic carbocycles. The summed E-state index contributed by atoms with van der Waals surface area (Å²) < 4.78 is 42.7. The summed E-state index contributed by atoms with van der Waals surface area (Å²) >= 11 is 0. The fourth-order valence-corrected chi connectivity index (χ4v) is 3.76. The number of carbonyl (C=O) groups excluding carboxylic acids is 2. The summed E-state index contributed by atoms with van der Waals surface area (Å²) in [5, 5.41) is 11.0. The number of benzene rings is 2. The molecule has 13 heteroatoms. The smallest absolute Gasteiger partial charge is 0.270 e. The molecular formula is C18H19N3O9S. The molecule has 0 aliphatic rings. The number of amides is 2. The van der Waals surface area contributed by atoms with Gasteiger partial charge < -0.3 is 19.9 Å². The molecule has 2 rings (SSSR count). The third-order valence-corrected chi connectivity index (χ3v) is 5.45. The second-order valence-electron chi connectivity index (χ2n) is 6.11. The van der Waals surface area contributed by atoms with Gasteiger partial charge in [-0.05, 0) is 24.6 Å². The number of nitro groups is 1. The minimum atomic E-state index is -4.44. The number of hydrogen-bond acceptors (Lipinski definition) is 9. The Kier molecular flexibility index (Phi) is 7.02. The van der Waals surface area contributed by atoms with Crippen molar-refractivity contribution in [3.63, 3.8) is 0 Å². The maximum Gasteiger partial charge on any atom is 0.270 e. The highest BCUT2D eigenvalue weighted by molar-refractivity contribution is 7.90. The number of hydrogen-bond donors (Lipinski definition) is 2. The molecule has 0 aromatic heterocycles. The molecule has 31 heavy (non-hydrogen) atoms. The number of ether oxygens (including phenoxy) is 3. The van der Waals surface area contributed by atoms with Gasteiger partial charge >= 0.3 is 0 Å². The number of nitrogens with two attached hydrogens (primary N) is 1. The second kappa shape index (κ2) is 9.30. The van der Waals surface area contributed by atoms with Crippen molar-refractivity contribution in [3.05, 3.63) is 51.6 Å². The van der Waals surface area contributed by atoms with Gasteiger partial charge in [-0.3, -0.25) is 19.7 Å². The van der Waals surface area contributed by atoms with Crippen molar-refractivity contribution in [2.24, 2.45) is 5.73 Å². The van der Waals surface area contributed by atoms with Crippen LogP contribution in [0, 0.1) is 17.0 Å². The van der Waals surface area contributed by atoms with Crippen LogP contribution in [0.15, 0.2) is 35.2 Å². The van der Waals surface area contributed by atoms with Gasteiger partial charge in [0.2, 0.25) is 5.75 Å². The molecule has 3 N–H and O–H groups in total. The van der Waals surface area contributed by atoms with E-state index in [2.05, 4.69) is 0 Å². The van der Waals surface area contributed by atoms with E-state index in [1.807, 2.05) is 4.72 Å². The Hall–Kier alpha value is -3.87. The molecule has 0 aliphatic heterocycles. The van der Waals surface area contributed by atoms with Crippen molar-refractivity contribution >= 4 is 27.5 Å². The van der Waals surface area contributed by atoms with Crippen molar-refractivity contribution in [2.45, 2.75) is 11.8 Å². The van der Waals surface area contributed by atoms with Crippen molar-refractivity contribution in [1.82, 2.24) is 4.72 Å². The molecule has 0 radical (unpaired) electrons. The minimum absolute atomic E-state index is 0.0160. The number of rotatable bonds is 9. The number of carbonyl (C=O) groups is 2. The van der Waals surface area contributed by atoms with Crippen LogP contribution >= 0.6 is 0 Å². The number of nitro benzene ring substituents is 1. The fraction of sp³-hybridized carbons (Fsp3) is 0.222. The SMILES string of the molecule is COc1cc(C(=O)NS(=O)(=O)c2cc([N+](=O)[O-])ccc2C)cc(OC)c1OCC(N)=O. The summed E-state index contributed by atoms with van der Waals surface area (Å²) in [5.74, 6) is -1.87. The molecule has 2 aromatic rings. The number of methoxy groups -OCH3 is 2. The highest BCUT2D eigenvalue weighted by atomic mass is 32.2. The van der Waals surface area contributed by atoms with Crippen molar-refractivity contribution in [1.29, 1.82) is 0 Å². The molecule has 0 spiro atoms. The second-order valence-corrected chi connectivity index (χ2v) is 7.76. The first-order chi connectivity index (χ1) is 14.5. The number of aryl methyl sites for hydroxylation is 1. The van der Waals surface area contributed by atoms with Crippen LogP contribution in [-0.2, 0) is 14.8 Å². The first-order valence-corrected chi connectivity index (χ1v) is 9.97. The molecule has 2 amide bonds. The lowest BCUT2D eigenvalue weighted by Gasteiger charge is -2.15. The maximum absolute atomic E-state index is 12.7. The highest BCUT2D eigenvalue weighted by Crippen LogP contribution is 2.38. The summed E-state index contributed by atoms with van der Waals surface area (Å²) in [4.78, 5) is 33.4. The Morgan fingerprint density at radius 2 is 1.71 bits per heavy atom. The van der Waals surface area contributed by atoms with Gasteiger partial charge in [-0.25, -0.2) is 13.1 Å². The van der Waals surface area contributed by atoms with E-state index in [1.165, 1.54) is 39.3 Å². The topological polar surface area (TPSA) is 177 Å². The van der Waals surface area contributed by atoms with Crippen molar-refractivity contribution in [3.8, 4) is 17.2 Å². The lowest BCUT2D eigenvalue weighted by Crippen LogP contribution is -2.31. The number of sulfonamides is 1. The summed E-state index contributed by atoms with van der Waals surface area (Å²) in [7, 11) is -1.92. The van der Waals surface area contributed by atoms with Gasteiger partial charge in [0.25, 0.3) is 27.5 Å². The van der Waals surface area contributed by atoms with Gasteiger partial charge in [-0.2, -0.15) is 0 Å². The number of nitrogens with zero attached hydrogens (tertiary/aromatic N) is 1. The van der Waals surface area contributed by atoms with Gasteiger partial charge in [0, 0.05) is 17.7 Å². The van der Waals surface area contributed by atoms with Gasteiger partial charge in [-0.1, -0.05) is 6.07 Å². The first-order valence-electron chi connectivity index (χ1n) is 8.49. The Bertz CT molecular complexity index is 1120. The molecule has 166 valence electrons. The van der Waals surface area contributed by atoms with Crippen LogP contribution < -0.4 is 24.7 Å². The van der Waals surface area contributed by atoms with Crippen LogP contribution in [0.25, 0.3) is 0 Å². The molecule has 0 heterocycles. The Morgan fingerprint density at radius 3 is 2.19 bits per heavy atom. The molecule has 0 saturated carbocycles. The Balaban J connectivity index is 2.42. The predicted octanol–water partition coefficient (Wildman–Crippen LogP) is 0.903. The average Bonchev–Trinajstić information content (AvgIpc) is 2.70. The van der Waals surface area contributed by atoms with Gasteiger partial charge in [0.1, 0.15) is 0 Å². The highest BCUT2D eigenvalue weighted by Gasteiger charge is 2.25. The predicted molar refractivity (Wildman–Crippen MR) is 107 cm³/mol. The maximum atomic E-state index is 12.7. The molecule has 0 unspecified atom stereocenters. The van der Waals surface area contributed by atoms with Crippen molar-refractivity contribution in [2.75, 3.05) is 20.8 Å². The van der Waals surface area contributed by atoms with Gasteiger partial charge in [0.05, 0.1) is 24.0 Å². The minimum Gasteiger partial charge on any atom is -0.493 e. The van der Waals surface area contributed by atoms with Crippen LogP contribution in [0.4, 0.5) is 5.69 Å². The monoisotopic (exact) mass is 453 g/mol. The quantitative estimate of drug-likeness (QED) is 0.412. The van der Waals surface area contributed by atoms with Crippen LogP contribution in [0.3, 0.4) is 0 Å². The number of primary amides is 1. The Labute approximate surface area is 177 Å². The lowest BCUT2D eigenvalue weighted by molar-refractivity contribution is -0.385. The molecule has 0 fully saturated rings. The lowest BCUT2D eigenvalue weighted by atomic mass is 10.1. The molecule has 0 bridgehead atoms. The van der Waals surface area contributed by atoms with Gasteiger partial charge in [-0.15, -0.1) is 0 Å². The zero-order valence-electron chi connectivity index (χ0n) is 16.7.